The summed E-state index contributed by atoms with van der Waals surface area (Å²) in [6.45, 7) is 0. The third-order valence-corrected chi connectivity index (χ3v) is 4.52. The number of amides is 1. The number of carbonyl (C=O) groups excluding carboxylic acids is 1. The largest absolute Gasteiger partial charge is 0.496 e. The summed E-state index contributed by atoms with van der Waals surface area (Å²) >= 11 is 3.31. The first kappa shape index (κ1) is 18.9. The number of methoxy groups -OCH3 is 1. The first-order valence-electron chi connectivity index (χ1n) is 8.37. The Morgan fingerprint density at radius 1 is 1.14 bits per heavy atom. The van der Waals surface area contributed by atoms with E-state index in [0.29, 0.717) is 21.5 Å². The number of benzene rings is 2. The average Bonchev–Trinajstić information content (AvgIpc) is 3.41. The smallest absolute Gasteiger partial charge is 0.283 e. The van der Waals surface area contributed by atoms with Gasteiger partial charge >= 0.3 is 0 Å². The molecule has 2 aromatic carbocycles. The van der Waals surface area contributed by atoms with Gasteiger partial charge in [-0.3, -0.25) is 4.79 Å². The van der Waals surface area contributed by atoms with Crippen LogP contribution < -0.4 is 10.1 Å². The Bertz CT molecular complexity index is 1170. The third-order valence-electron chi connectivity index (χ3n) is 4.02. The molecule has 4 rings (SSSR count). The van der Waals surface area contributed by atoms with Crippen molar-refractivity contribution in [3.05, 3.63) is 70.6 Å². The summed E-state index contributed by atoms with van der Waals surface area (Å²) in [6, 6.07) is 12.4. The molecule has 0 atom stereocenters. The van der Waals surface area contributed by atoms with Gasteiger partial charge in [-0.05, 0) is 48.5 Å². The second-order valence-electron chi connectivity index (χ2n) is 5.88. The molecule has 7 nitrogen and oxygen atoms in total. The second kappa shape index (κ2) is 7.88. The van der Waals surface area contributed by atoms with Crippen molar-refractivity contribution in [3.8, 4) is 28.9 Å². The molecule has 0 bridgehead atoms. The van der Waals surface area contributed by atoms with Gasteiger partial charge in [0.15, 0.2) is 5.76 Å². The van der Waals surface area contributed by atoms with Gasteiger partial charge in [-0.15, -0.1) is 10.2 Å². The van der Waals surface area contributed by atoms with E-state index >= 15 is 0 Å². The zero-order valence-corrected chi connectivity index (χ0v) is 16.6. The summed E-state index contributed by atoms with van der Waals surface area (Å²) < 4.78 is 31.0. The zero-order valence-electron chi connectivity index (χ0n) is 15.0. The van der Waals surface area contributed by atoms with E-state index in [-0.39, 0.29) is 23.0 Å². The average molecular weight is 458 g/mol. The molecule has 2 heterocycles. The molecule has 4 aromatic rings. The highest BCUT2D eigenvalue weighted by atomic mass is 79.9. The first-order chi connectivity index (χ1) is 14.0. The predicted octanol–water partition coefficient (Wildman–Crippen LogP) is 5.16. The van der Waals surface area contributed by atoms with Gasteiger partial charge in [0.05, 0.1) is 24.6 Å². The normalized spacial score (nSPS) is 10.7. The predicted molar refractivity (Wildman–Crippen MR) is 106 cm³/mol. The molecule has 146 valence electrons. The van der Waals surface area contributed by atoms with Gasteiger partial charge in [-0.2, -0.15) is 0 Å². The highest BCUT2D eigenvalue weighted by Gasteiger charge is 2.17. The fraction of sp³-hybridized carbons (Fsp3) is 0.0500. The van der Waals surface area contributed by atoms with Crippen LogP contribution in [0.2, 0.25) is 0 Å². The molecule has 2 aromatic heterocycles. The van der Waals surface area contributed by atoms with Crippen molar-refractivity contribution in [1.82, 2.24) is 10.2 Å². The van der Waals surface area contributed by atoms with Crippen molar-refractivity contribution in [2.24, 2.45) is 0 Å². The molecule has 9 heteroatoms. The van der Waals surface area contributed by atoms with Crippen LogP contribution in [0.5, 0.6) is 5.75 Å². The maximum atomic E-state index is 14.3. The van der Waals surface area contributed by atoms with Crippen LogP contribution in [-0.4, -0.2) is 23.2 Å². The Morgan fingerprint density at radius 2 is 1.97 bits per heavy atom. The van der Waals surface area contributed by atoms with Crippen LogP contribution in [0.3, 0.4) is 0 Å². The van der Waals surface area contributed by atoms with Gasteiger partial charge in [0.1, 0.15) is 11.6 Å². The van der Waals surface area contributed by atoms with Crippen molar-refractivity contribution in [3.63, 3.8) is 0 Å². The van der Waals surface area contributed by atoms with E-state index in [9.17, 15) is 9.18 Å². The molecule has 0 aliphatic carbocycles. The second-order valence-corrected chi connectivity index (χ2v) is 6.80. The minimum atomic E-state index is -0.609. The molecule has 0 saturated heterocycles. The number of rotatable bonds is 5. The number of halogens is 2. The summed E-state index contributed by atoms with van der Waals surface area (Å²) in [5.41, 5.74) is 0.657. The lowest BCUT2D eigenvalue weighted by Crippen LogP contribution is -2.14. The van der Waals surface area contributed by atoms with Crippen LogP contribution in [0.4, 0.5) is 10.1 Å². The summed E-state index contributed by atoms with van der Waals surface area (Å²) in [5.74, 6) is -0.00282. The molecule has 29 heavy (non-hydrogen) atoms. The Balaban J connectivity index is 1.63. The number of anilines is 1. The van der Waals surface area contributed by atoms with Crippen molar-refractivity contribution in [2.75, 3.05) is 12.4 Å². The molecule has 0 unspecified atom stereocenters. The van der Waals surface area contributed by atoms with Gasteiger partial charge in [-0.25, -0.2) is 4.39 Å². The van der Waals surface area contributed by atoms with Gasteiger partial charge in [0.2, 0.25) is 5.89 Å². The molecule has 0 radical (unpaired) electrons. The van der Waals surface area contributed by atoms with Gasteiger partial charge in [-0.1, -0.05) is 15.9 Å². The molecule has 0 aliphatic heterocycles. The van der Waals surface area contributed by atoms with E-state index in [1.807, 2.05) is 0 Å². The van der Waals surface area contributed by atoms with E-state index < -0.39 is 11.7 Å². The minimum absolute atomic E-state index is 0.0349. The molecule has 1 amide bonds. The van der Waals surface area contributed by atoms with Crippen LogP contribution in [0.15, 0.2) is 68.1 Å². The number of nitrogens with zero attached hydrogens (tertiary/aromatic N) is 2. The fourth-order valence-corrected chi connectivity index (χ4v) is 3.00. The lowest BCUT2D eigenvalue weighted by atomic mass is 10.1. The number of carbonyl (C=O) groups is 1. The SMILES string of the molecule is COc1ccc(Br)cc1C(=O)Nc1cc(-c2nnc(-c3ccco3)o2)ccc1F. The van der Waals surface area contributed by atoms with E-state index in [1.54, 1.807) is 30.3 Å². The Morgan fingerprint density at radius 3 is 2.72 bits per heavy atom. The number of nitrogens with one attached hydrogen (secondary N) is 1. The van der Waals surface area contributed by atoms with E-state index in [0.717, 1.165) is 0 Å². The molecule has 0 saturated carbocycles. The van der Waals surface area contributed by atoms with Crippen molar-refractivity contribution in [1.29, 1.82) is 0 Å². The van der Waals surface area contributed by atoms with Gasteiger partial charge < -0.3 is 18.9 Å². The van der Waals surface area contributed by atoms with E-state index in [4.69, 9.17) is 13.6 Å². The number of furan rings is 1. The summed E-state index contributed by atoms with van der Waals surface area (Å²) in [4.78, 5) is 12.7. The van der Waals surface area contributed by atoms with Crippen LogP contribution in [0, 0.1) is 5.82 Å². The summed E-state index contributed by atoms with van der Waals surface area (Å²) in [6.07, 6.45) is 1.49. The minimum Gasteiger partial charge on any atom is -0.496 e. The van der Waals surface area contributed by atoms with Crippen molar-refractivity contribution < 1.29 is 22.8 Å². The van der Waals surface area contributed by atoms with Crippen molar-refractivity contribution in [2.45, 2.75) is 0 Å². The monoisotopic (exact) mass is 457 g/mol. The zero-order chi connectivity index (χ0) is 20.4. The molecule has 0 aliphatic rings. The standard InChI is InChI=1S/C20H13BrFN3O4/c1-27-16-7-5-12(21)10-13(16)18(26)23-15-9-11(4-6-14(15)22)19-24-25-20(29-19)17-3-2-8-28-17/h2-10H,1H3,(H,23,26). The molecule has 1 N–H and O–H groups in total. The van der Waals surface area contributed by atoms with Gasteiger partial charge in [0.25, 0.3) is 11.8 Å². The summed E-state index contributed by atoms with van der Waals surface area (Å²) in [7, 11) is 1.45. The van der Waals surface area contributed by atoms with Crippen molar-refractivity contribution >= 4 is 27.5 Å². The Kier molecular flexibility index (Phi) is 5.13. The third kappa shape index (κ3) is 3.90. The molecular weight excluding hydrogens is 445 g/mol. The van der Waals surface area contributed by atoms with Crippen LogP contribution in [-0.2, 0) is 0 Å². The summed E-state index contributed by atoms with van der Waals surface area (Å²) in [5, 5.41) is 10.4. The maximum absolute atomic E-state index is 14.3. The Hall–Kier alpha value is -3.46. The van der Waals surface area contributed by atoms with Gasteiger partial charge in [0, 0.05) is 10.0 Å². The lowest BCUT2D eigenvalue weighted by Gasteiger charge is -2.11. The molecule has 0 spiro atoms. The molecular formula is C20H13BrFN3O4. The highest BCUT2D eigenvalue weighted by molar-refractivity contribution is 9.10. The number of hydrogen-bond acceptors (Lipinski definition) is 6. The highest BCUT2D eigenvalue weighted by Crippen LogP contribution is 2.29. The van der Waals surface area contributed by atoms with Crippen LogP contribution in [0.1, 0.15) is 10.4 Å². The van der Waals surface area contributed by atoms with Crippen LogP contribution in [0.25, 0.3) is 23.1 Å². The number of ether oxygens (including phenoxy) is 1. The van der Waals surface area contributed by atoms with E-state index in [2.05, 4.69) is 31.4 Å². The lowest BCUT2D eigenvalue weighted by molar-refractivity contribution is 0.102. The number of aromatic nitrogens is 2. The topological polar surface area (TPSA) is 90.4 Å². The molecule has 0 fully saturated rings. The number of hydrogen-bond donors (Lipinski definition) is 1. The van der Waals surface area contributed by atoms with Crippen LogP contribution >= 0.6 is 15.9 Å². The van der Waals surface area contributed by atoms with E-state index in [1.165, 1.54) is 31.6 Å². The Labute approximate surface area is 172 Å². The quantitative estimate of drug-likeness (QED) is 0.445. The fourth-order valence-electron chi connectivity index (χ4n) is 2.64. The maximum Gasteiger partial charge on any atom is 0.283 e. The first-order valence-corrected chi connectivity index (χ1v) is 9.16.